The molecule has 0 aliphatic heterocycles. The summed E-state index contributed by atoms with van der Waals surface area (Å²) in [6.07, 6.45) is 1.08. The summed E-state index contributed by atoms with van der Waals surface area (Å²) in [5.41, 5.74) is 0.683. The zero-order valence-corrected chi connectivity index (χ0v) is 13.1. The van der Waals surface area contributed by atoms with E-state index in [1.54, 1.807) is 18.2 Å². The zero-order valence-electron chi connectivity index (χ0n) is 12.2. The van der Waals surface area contributed by atoms with Crippen molar-refractivity contribution in [2.45, 2.75) is 31.9 Å². The van der Waals surface area contributed by atoms with Crippen molar-refractivity contribution in [3.63, 3.8) is 0 Å². The Balaban J connectivity index is 1.78. The average molecular weight is 315 g/mol. The number of carbonyl (C=O) groups is 2. The molecule has 4 nitrogen and oxygen atoms in total. The number of amides is 1. The lowest BCUT2D eigenvalue weighted by Crippen LogP contribution is -2.33. The highest BCUT2D eigenvalue weighted by atomic mass is 32.1. The molecule has 1 aliphatic rings. The molecule has 0 spiro atoms. The summed E-state index contributed by atoms with van der Waals surface area (Å²) in [4.78, 5) is 26.2. The average Bonchev–Trinajstić information content (AvgIpc) is 3.23. The second kappa shape index (κ2) is 6.32. The maximum atomic E-state index is 12.4. The maximum absolute atomic E-state index is 12.4. The Bertz CT molecular complexity index is 676. The molecule has 1 aromatic heterocycles. The van der Waals surface area contributed by atoms with Gasteiger partial charge in [-0.1, -0.05) is 30.3 Å². The van der Waals surface area contributed by atoms with E-state index in [0.717, 1.165) is 17.7 Å². The fraction of sp³-hybridized carbons (Fsp3) is 0.294. The molecule has 5 heteroatoms. The molecule has 1 atom stereocenters. The predicted molar refractivity (Wildman–Crippen MR) is 84.8 cm³/mol. The van der Waals surface area contributed by atoms with Crippen molar-refractivity contribution in [1.82, 2.24) is 5.32 Å². The van der Waals surface area contributed by atoms with Gasteiger partial charge in [0, 0.05) is 16.5 Å². The van der Waals surface area contributed by atoms with Gasteiger partial charge in [0.2, 0.25) is 6.10 Å². The van der Waals surface area contributed by atoms with Crippen LogP contribution in [-0.2, 0) is 9.53 Å². The molecular formula is C17H17NO3S. The number of hydrogen-bond donors (Lipinski definition) is 1. The van der Waals surface area contributed by atoms with Gasteiger partial charge in [-0.3, -0.25) is 4.79 Å². The molecule has 114 valence electrons. The Morgan fingerprint density at radius 1 is 1.18 bits per heavy atom. The third-order valence-corrected chi connectivity index (χ3v) is 4.41. The summed E-state index contributed by atoms with van der Waals surface area (Å²) in [5.74, 6) is -0.715. The van der Waals surface area contributed by atoms with Gasteiger partial charge in [-0.2, -0.15) is 0 Å². The Morgan fingerprint density at radius 2 is 1.91 bits per heavy atom. The minimum absolute atomic E-state index is 0.224. The van der Waals surface area contributed by atoms with E-state index in [4.69, 9.17) is 4.74 Å². The van der Waals surface area contributed by atoms with Gasteiger partial charge in [0.1, 0.15) is 4.88 Å². The van der Waals surface area contributed by atoms with E-state index in [-0.39, 0.29) is 11.9 Å². The topological polar surface area (TPSA) is 55.4 Å². The first-order valence-electron chi connectivity index (χ1n) is 7.26. The Morgan fingerprint density at radius 3 is 2.50 bits per heavy atom. The lowest BCUT2D eigenvalue weighted by molar-refractivity contribution is -0.130. The van der Waals surface area contributed by atoms with Gasteiger partial charge in [0.25, 0.3) is 5.91 Å². The quantitative estimate of drug-likeness (QED) is 0.862. The fourth-order valence-corrected chi connectivity index (χ4v) is 2.87. The number of esters is 1. The molecule has 0 radical (unpaired) electrons. The van der Waals surface area contributed by atoms with E-state index in [1.807, 2.05) is 31.2 Å². The number of aryl methyl sites for hydroxylation is 1. The van der Waals surface area contributed by atoms with Crippen molar-refractivity contribution >= 4 is 23.2 Å². The molecule has 1 fully saturated rings. The summed E-state index contributed by atoms with van der Waals surface area (Å²) in [6, 6.07) is 12.9. The largest absolute Gasteiger partial charge is 0.443 e. The van der Waals surface area contributed by atoms with Gasteiger partial charge in [0.05, 0.1) is 0 Å². The molecule has 2 aromatic rings. The Hall–Kier alpha value is -2.14. The summed E-state index contributed by atoms with van der Waals surface area (Å²) in [6.45, 7) is 1.93. The molecule has 1 heterocycles. The summed E-state index contributed by atoms with van der Waals surface area (Å²) in [7, 11) is 0. The van der Waals surface area contributed by atoms with Crippen LogP contribution in [0, 0.1) is 6.92 Å². The predicted octanol–water partition coefficient (Wildman–Crippen LogP) is 3.23. The van der Waals surface area contributed by atoms with Crippen molar-refractivity contribution in [2.75, 3.05) is 0 Å². The van der Waals surface area contributed by atoms with E-state index in [0.29, 0.717) is 10.4 Å². The number of benzene rings is 1. The number of hydrogen-bond acceptors (Lipinski definition) is 4. The first-order chi connectivity index (χ1) is 10.6. The fourth-order valence-electron chi connectivity index (χ4n) is 2.11. The van der Waals surface area contributed by atoms with Gasteiger partial charge >= 0.3 is 5.97 Å². The van der Waals surface area contributed by atoms with Crippen LogP contribution in [0.15, 0.2) is 42.5 Å². The third kappa shape index (κ3) is 3.54. The summed E-state index contributed by atoms with van der Waals surface area (Å²) < 4.78 is 5.49. The van der Waals surface area contributed by atoms with Crippen LogP contribution in [0.4, 0.5) is 0 Å². The smallest absolute Gasteiger partial charge is 0.349 e. The van der Waals surface area contributed by atoms with Crippen LogP contribution in [-0.4, -0.2) is 17.9 Å². The SMILES string of the molecule is Cc1ccc(C(=O)O[C@H](C(=O)NC2CC2)c2ccccc2)s1. The lowest BCUT2D eigenvalue weighted by atomic mass is 10.1. The van der Waals surface area contributed by atoms with Crippen molar-refractivity contribution in [2.24, 2.45) is 0 Å². The Labute approximate surface area is 133 Å². The van der Waals surface area contributed by atoms with E-state index >= 15 is 0 Å². The van der Waals surface area contributed by atoms with Crippen LogP contribution in [0.2, 0.25) is 0 Å². The summed E-state index contributed by atoms with van der Waals surface area (Å²) in [5, 5.41) is 2.90. The van der Waals surface area contributed by atoms with Gasteiger partial charge in [0.15, 0.2) is 0 Å². The lowest BCUT2D eigenvalue weighted by Gasteiger charge is -2.17. The minimum atomic E-state index is -0.906. The zero-order chi connectivity index (χ0) is 15.5. The second-order valence-corrected chi connectivity index (χ2v) is 6.68. The molecule has 1 amide bonds. The molecule has 0 unspecified atom stereocenters. The van der Waals surface area contributed by atoms with Crippen molar-refractivity contribution < 1.29 is 14.3 Å². The van der Waals surface area contributed by atoms with Gasteiger partial charge < -0.3 is 10.1 Å². The van der Waals surface area contributed by atoms with Crippen LogP contribution in [0.5, 0.6) is 0 Å². The van der Waals surface area contributed by atoms with Gasteiger partial charge in [-0.05, 0) is 31.9 Å². The van der Waals surface area contributed by atoms with Crippen LogP contribution < -0.4 is 5.32 Å². The number of ether oxygens (including phenoxy) is 1. The van der Waals surface area contributed by atoms with E-state index in [1.165, 1.54) is 11.3 Å². The van der Waals surface area contributed by atoms with Crippen molar-refractivity contribution in [3.05, 3.63) is 57.8 Å². The standard InChI is InChI=1S/C17H17NO3S/c1-11-7-10-14(22-11)17(20)21-15(12-5-3-2-4-6-12)16(19)18-13-8-9-13/h2-7,10,13,15H,8-9H2,1H3,(H,18,19)/t15-/m0/s1. The minimum Gasteiger partial charge on any atom is -0.443 e. The van der Waals surface area contributed by atoms with E-state index < -0.39 is 12.1 Å². The monoisotopic (exact) mass is 315 g/mol. The molecule has 0 bridgehead atoms. The highest BCUT2D eigenvalue weighted by Gasteiger charge is 2.31. The van der Waals surface area contributed by atoms with Crippen LogP contribution in [0.3, 0.4) is 0 Å². The van der Waals surface area contributed by atoms with E-state index in [2.05, 4.69) is 5.32 Å². The van der Waals surface area contributed by atoms with Crippen LogP contribution in [0.1, 0.15) is 39.1 Å². The normalized spacial score (nSPS) is 15.1. The maximum Gasteiger partial charge on any atom is 0.349 e. The molecule has 1 saturated carbocycles. The molecule has 1 N–H and O–H groups in total. The number of nitrogens with one attached hydrogen (secondary N) is 1. The highest BCUT2D eigenvalue weighted by molar-refractivity contribution is 7.13. The Kier molecular flexibility index (Phi) is 4.24. The van der Waals surface area contributed by atoms with Gasteiger partial charge in [-0.25, -0.2) is 4.79 Å². The molecule has 1 aliphatic carbocycles. The molecule has 1 aromatic carbocycles. The molecule has 0 saturated heterocycles. The van der Waals surface area contributed by atoms with E-state index in [9.17, 15) is 9.59 Å². The number of thiophene rings is 1. The molecule has 3 rings (SSSR count). The third-order valence-electron chi connectivity index (χ3n) is 3.43. The first kappa shape index (κ1) is 14.8. The van der Waals surface area contributed by atoms with Gasteiger partial charge in [-0.15, -0.1) is 11.3 Å². The molecular weight excluding hydrogens is 298 g/mol. The van der Waals surface area contributed by atoms with Crippen LogP contribution in [0.25, 0.3) is 0 Å². The van der Waals surface area contributed by atoms with Crippen LogP contribution >= 0.6 is 11.3 Å². The molecule has 22 heavy (non-hydrogen) atoms. The first-order valence-corrected chi connectivity index (χ1v) is 8.08. The van der Waals surface area contributed by atoms with Crippen molar-refractivity contribution in [1.29, 1.82) is 0 Å². The number of carbonyl (C=O) groups excluding carboxylic acids is 2. The second-order valence-electron chi connectivity index (χ2n) is 5.39. The number of rotatable bonds is 5. The van der Waals surface area contributed by atoms with Crippen molar-refractivity contribution in [3.8, 4) is 0 Å². The highest BCUT2D eigenvalue weighted by Crippen LogP contribution is 2.25. The summed E-state index contributed by atoms with van der Waals surface area (Å²) >= 11 is 1.36.